The van der Waals surface area contributed by atoms with Crippen molar-refractivity contribution >= 4 is 23.6 Å². The van der Waals surface area contributed by atoms with Crippen molar-refractivity contribution in [1.82, 2.24) is 9.80 Å². The summed E-state index contributed by atoms with van der Waals surface area (Å²) < 4.78 is 5.03. The zero-order valence-electron chi connectivity index (χ0n) is 14.0. The Balaban J connectivity index is 2.57. The molecule has 7 heteroatoms. The summed E-state index contributed by atoms with van der Waals surface area (Å²) in [6, 6.07) is 6.03. The van der Waals surface area contributed by atoms with E-state index in [4.69, 9.17) is 16.3 Å². The first kappa shape index (κ1) is 18.3. The summed E-state index contributed by atoms with van der Waals surface area (Å²) >= 11 is 5.93. The van der Waals surface area contributed by atoms with Crippen LogP contribution in [0.1, 0.15) is 25.5 Å². The van der Waals surface area contributed by atoms with Crippen molar-refractivity contribution in [2.24, 2.45) is 0 Å². The van der Waals surface area contributed by atoms with E-state index in [0.717, 1.165) is 5.56 Å². The van der Waals surface area contributed by atoms with Gasteiger partial charge in [-0.1, -0.05) is 23.7 Å². The summed E-state index contributed by atoms with van der Waals surface area (Å²) in [5.41, 5.74) is 1.35. The fourth-order valence-electron chi connectivity index (χ4n) is 2.94. The second-order valence-corrected chi connectivity index (χ2v) is 5.91. The SMILES string of the molecule is CCN1C(=O)N(CCOC)C(C)=C(C(=O)O)C1c1ccc(Cl)cc1. The highest BCUT2D eigenvalue weighted by Gasteiger charge is 2.40. The lowest BCUT2D eigenvalue weighted by Crippen LogP contribution is -2.51. The number of carboxylic acids is 1. The third-order valence-corrected chi connectivity index (χ3v) is 4.38. The topological polar surface area (TPSA) is 70.1 Å². The molecule has 0 aliphatic carbocycles. The zero-order valence-corrected chi connectivity index (χ0v) is 14.7. The van der Waals surface area contributed by atoms with Gasteiger partial charge < -0.3 is 14.7 Å². The number of likely N-dealkylation sites (N-methyl/N-ethyl adjacent to an activating group) is 1. The molecule has 1 unspecified atom stereocenters. The number of hydrogen-bond donors (Lipinski definition) is 1. The quantitative estimate of drug-likeness (QED) is 0.853. The van der Waals surface area contributed by atoms with E-state index in [1.54, 1.807) is 43.2 Å². The van der Waals surface area contributed by atoms with Gasteiger partial charge in [-0.3, -0.25) is 4.90 Å². The molecule has 1 N–H and O–H groups in total. The van der Waals surface area contributed by atoms with Crippen LogP contribution in [0, 0.1) is 0 Å². The summed E-state index contributed by atoms with van der Waals surface area (Å²) in [6.45, 7) is 4.52. The molecule has 0 radical (unpaired) electrons. The lowest BCUT2D eigenvalue weighted by atomic mass is 9.93. The van der Waals surface area contributed by atoms with E-state index in [0.29, 0.717) is 30.4 Å². The van der Waals surface area contributed by atoms with E-state index >= 15 is 0 Å². The van der Waals surface area contributed by atoms with Crippen LogP contribution in [-0.2, 0) is 9.53 Å². The molecule has 2 amide bonds. The number of carbonyl (C=O) groups is 2. The maximum absolute atomic E-state index is 12.8. The van der Waals surface area contributed by atoms with E-state index in [-0.39, 0.29) is 11.6 Å². The Kier molecular flexibility index (Phi) is 5.85. The Morgan fingerprint density at radius 3 is 2.46 bits per heavy atom. The van der Waals surface area contributed by atoms with Gasteiger partial charge in [0.2, 0.25) is 0 Å². The van der Waals surface area contributed by atoms with E-state index in [9.17, 15) is 14.7 Å². The average Bonchev–Trinajstić information content (AvgIpc) is 2.54. The predicted octanol–water partition coefficient (Wildman–Crippen LogP) is 3.14. The Hall–Kier alpha value is -2.05. The third kappa shape index (κ3) is 3.39. The minimum atomic E-state index is -1.04. The Morgan fingerprint density at radius 1 is 1.33 bits per heavy atom. The number of rotatable bonds is 6. The first-order valence-electron chi connectivity index (χ1n) is 7.69. The monoisotopic (exact) mass is 352 g/mol. The van der Waals surface area contributed by atoms with Gasteiger partial charge >= 0.3 is 12.0 Å². The highest BCUT2D eigenvalue weighted by Crippen LogP contribution is 2.37. The summed E-state index contributed by atoms with van der Waals surface area (Å²) in [4.78, 5) is 27.8. The lowest BCUT2D eigenvalue weighted by Gasteiger charge is -2.42. The number of carbonyl (C=O) groups excluding carboxylic acids is 1. The Morgan fingerprint density at radius 2 is 1.96 bits per heavy atom. The van der Waals surface area contributed by atoms with Crippen LogP contribution in [0.15, 0.2) is 35.5 Å². The fraction of sp³-hybridized carbons (Fsp3) is 0.412. The van der Waals surface area contributed by atoms with Crippen LogP contribution in [0.5, 0.6) is 0 Å². The van der Waals surface area contributed by atoms with Crippen molar-refractivity contribution in [2.75, 3.05) is 26.8 Å². The highest BCUT2D eigenvalue weighted by atomic mass is 35.5. The molecular weight excluding hydrogens is 332 g/mol. The van der Waals surface area contributed by atoms with Crippen LogP contribution < -0.4 is 0 Å². The van der Waals surface area contributed by atoms with Crippen molar-refractivity contribution in [3.63, 3.8) is 0 Å². The normalized spacial score (nSPS) is 18.3. The number of urea groups is 1. The minimum absolute atomic E-state index is 0.190. The summed E-state index contributed by atoms with van der Waals surface area (Å²) in [6.07, 6.45) is 0. The van der Waals surface area contributed by atoms with Crippen LogP contribution in [-0.4, -0.2) is 53.7 Å². The van der Waals surface area contributed by atoms with Crippen LogP contribution in [0.4, 0.5) is 4.79 Å². The molecule has 0 aromatic heterocycles. The number of carboxylic acid groups (broad SMARTS) is 1. The average molecular weight is 353 g/mol. The number of methoxy groups -OCH3 is 1. The first-order chi connectivity index (χ1) is 11.4. The molecule has 1 aromatic carbocycles. The molecule has 130 valence electrons. The largest absolute Gasteiger partial charge is 0.478 e. The second kappa shape index (κ2) is 7.68. The van der Waals surface area contributed by atoms with Crippen LogP contribution in [0.25, 0.3) is 0 Å². The number of aliphatic carboxylic acids is 1. The Labute approximate surface area is 146 Å². The molecule has 0 saturated heterocycles. The number of benzene rings is 1. The molecule has 1 atom stereocenters. The first-order valence-corrected chi connectivity index (χ1v) is 8.06. The van der Waals surface area contributed by atoms with Gasteiger partial charge in [0.15, 0.2) is 0 Å². The third-order valence-electron chi connectivity index (χ3n) is 4.13. The second-order valence-electron chi connectivity index (χ2n) is 5.47. The van der Waals surface area contributed by atoms with Gasteiger partial charge in [-0.05, 0) is 31.5 Å². The number of allylic oxidation sites excluding steroid dienone is 1. The number of halogens is 1. The molecule has 1 aliphatic rings. The van der Waals surface area contributed by atoms with E-state index in [1.807, 2.05) is 6.92 Å². The molecule has 0 spiro atoms. The number of ether oxygens (including phenoxy) is 1. The highest BCUT2D eigenvalue weighted by molar-refractivity contribution is 6.30. The van der Waals surface area contributed by atoms with Crippen molar-refractivity contribution in [3.8, 4) is 0 Å². The molecular formula is C17H21ClN2O4. The van der Waals surface area contributed by atoms with Gasteiger partial charge in [0, 0.05) is 24.4 Å². The molecule has 1 aromatic rings. The van der Waals surface area contributed by atoms with Gasteiger partial charge in [-0.15, -0.1) is 0 Å². The van der Waals surface area contributed by atoms with Gasteiger partial charge in [0.05, 0.1) is 24.8 Å². The van der Waals surface area contributed by atoms with Crippen molar-refractivity contribution in [3.05, 3.63) is 46.1 Å². The minimum Gasteiger partial charge on any atom is -0.478 e. The zero-order chi connectivity index (χ0) is 17.9. The van der Waals surface area contributed by atoms with E-state index in [2.05, 4.69) is 0 Å². The van der Waals surface area contributed by atoms with Gasteiger partial charge in [-0.25, -0.2) is 9.59 Å². The summed E-state index contributed by atoms with van der Waals surface area (Å²) in [7, 11) is 1.54. The van der Waals surface area contributed by atoms with Crippen molar-refractivity contribution in [2.45, 2.75) is 19.9 Å². The van der Waals surface area contributed by atoms with Gasteiger partial charge in [0.25, 0.3) is 0 Å². The van der Waals surface area contributed by atoms with Crippen molar-refractivity contribution < 1.29 is 19.4 Å². The van der Waals surface area contributed by atoms with Gasteiger partial charge in [0.1, 0.15) is 0 Å². The van der Waals surface area contributed by atoms with Gasteiger partial charge in [-0.2, -0.15) is 0 Å². The molecule has 0 bridgehead atoms. The van der Waals surface area contributed by atoms with Crippen LogP contribution in [0.3, 0.4) is 0 Å². The number of nitrogens with zero attached hydrogens (tertiary/aromatic N) is 2. The lowest BCUT2D eigenvalue weighted by molar-refractivity contribution is -0.133. The summed E-state index contributed by atoms with van der Waals surface area (Å²) in [5, 5.41) is 10.3. The predicted molar refractivity (Wildman–Crippen MR) is 90.9 cm³/mol. The number of amides is 2. The van der Waals surface area contributed by atoms with E-state index < -0.39 is 12.0 Å². The molecule has 1 heterocycles. The van der Waals surface area contributed by atoms with Crippen molar-refractivity contribution in [1.29, 1.82) is 0 Å². The Bertz CT molecular complexity index is 657. The summed E-state index contributed by atoms with van der Waals surface area (Å²) in [5.74, 6) is -1.04. The smallest absolute Gasteiger partial charge is 0.335 e. The van der Waals surface area contributed by atoms with E-state index in [1.165, 1.54) is 4.90 Å². The molecule has 0 fully saturated rings. The van der Waals surface area contributed by atoms with Crippen LogP contribution >= 0.6 is 11.6 Å². The fourth-order valence-corrected chi connectivity index (χ4v) is 3.06. The maximum atomic E-state index is 12.8. The molecule has 1 aliphatic heterocycles. The van der Waals surface area contributed by atoms with Crippen LogP contribution in [0.2, 0.25) is 5.02 Å². The maximum Gasteiger partial charge on any atom is 0.335 e. The molecule has 0 saturated carbocycles. The number of hydrogen-bond acceptors (Lipinski definition) is 3. The molecule has 6 nitrogen and oxygen atoms in total. The molecule has 2 rings (SSSR count). The standard InChI is InChI=1S/C17H21ClN2O4/c1-4-19-15(12-5-7-13(18)8-6-12)14(16(21)22)11(2)20(17(19)23)9-10-24-3/h5-8,15H,4,9-10H2,1-3H3,(H,21,22). The molecule has 24 heavy (non-hydrogen) atoms.